The molecule has 1 heterocycles. The highest BCUT2D eigenvalue weighted by molar-refractivity contribution is 6.30. The minimum Gasteiger partial charge on any atom is -0.353 e. The molecule has 2 aliphatic rings. The van der Waals surface area contributed by atoms with Crippen molar-refractivity contribution in [2.75, 3.05) is 5.32 Å². The minimum absolute atomic E-state index is 0.00866. The van der Waals surface area contributed by atoms with Crippen molar-refractivity contribution in [2.24, 2.45) is 11.8 Å². The molecule has 29 heavy (non-hydrogen) atoms. The molecule has 154 valence electrons. The number of anilines is 1. The molecule has 2 fully saturated rings. The van der Waals surface area contributed by atoms with Gasteiger partial charge in [0.1, 0.15) is 5.82 Å². The van der Waals surface area contributed by atoms with E-state index in [0.717, 1.165) is 57.1 Å². The Bertz CT molecular complexity index is 867. The summed E-state index contributed by atoms with van der Waals surface area (Å²) in [7, 11) is 0. The van der Waals surface area contributed by atoms with Crippen LogP contribution in [0.25, 0.3) is 5.69 Å². The largest absolute Gasteiger partial charge is 0.353 e. The molecule has 1 aromatic heterocycles. The van der Waals surface area contributed by atoms with Crippen molar-refractivity contribution < 1.29 is 9.59 Å². The SMILES string of the molecule is O=C(Nc1ccnn1-c1cccc(Cl)c1)C1CCC(NC(=O)C2CCCC2)CC1. The molecule has 0 atom stereocenters. The van der Waals surface area contributed by atoms with Crippen molar-refractivity contribution in [1.29, 1.82) is 0 Å². The van der Waals surface area contributed by atoms with Crippen molar-refractivity contribution >= 4 is 29.2 Å². The van der Waals surface area contributed by atoms with Crippen LogP contribution in [0.3, 0.4) is 0 Å². The number of carbonyl (C=O) groups is 2. The first-order valence-electron chi connectivity index (χ1n) is 10.5. The lowest BCUT2D eigenvalue weighted by Gasteiger charge is -2.29. The summed E-state index contributed by atoms with van der Waals surface area (Å²) in [6.45, 7) is 0. The fraction of sp³-hybridized carbons (Fsp3) is 0.500. The number of hydrogen-bond donors (Lipinski definition) is 2. The third-order valence-electron chi connectivity index (χ3n) is 6.12. The van der Waals surface area contributed by atoms with Gasteiger partial charge < -0.3 is 10.6 Å². The smallest absolute Gasteiger partial charge is 0.228 e. The van der Waals surface area contributed by atoms with Crippen LogP contribution < -0.4 is 10.6 Å². The fourth-order valence-corrected chi connectivity index (χ4v) is 4.63. The molecule has 2 aliphatic carbocycles. The molecular weight excluding hydrogens is 388 g/mol. The molecule has 2 amide bonds. The van der Waals surface area contributed by atoms with Gasteiger partial charge in [0.25, 0.3) is 0 Å². The van der Waals surface area contributed by atoms with Gasteiger partial charge in [-0.3, -0.25) is 9.59 Å². The van der Waals surface area contributed by atoms with Crippen LogP contribution in [0, 0.1) is 11.8 Å². The summed E-state index contributed by atoms with van der Waals surface area (Å²) in [6, 6.07) is 9.34. The van der Waals surface area contributed by atoms with Crippen molar-refractivity contribution in [3.63, 3.8) is 0 Å². The van der Waals surface area contributed by atoms with Crippen LogP contribution in [0.4, 0.5) is 5.82 Å². The summed E-state index contributed by atoms with van der Waals surface area (Å²) in [5.41, 5.74) is 0.802. The first kappa shape index (κ1) is 20.0. The van der Waals surface area contributed by atoms with E-state index < -0.39 is 0 Å². The lowest BCUT2D eigenvalue weighted by Crippen LogP contribution is -2.41. The predicted molar refractivity (Wildman–Crippen MR) is 113 cm³/mol. The highest BCUT2D eigenvalue weighted by atomic mass is 35.5. The molecule has 0 aliphatic heterocycles. The first-order valence-corrected chi connectivity index (χ1v) is 10.9. The van der Waals surface area contributed by atoms with Crippen LogP contribution >= 0.6 is 11.6 Å². The van der Waals surface area contributed by atoms with E-state index in [1.54, 1.807) is 23.0 Å². The summed E-state index contributed by atoms with van der Waals surface area (Å²) >= 11 is 6.07. The van der Waals surface area contributed by atoms with Crippen LogP contribution in [-0.4, -0.2) is 27.6 Å². The fourth-order valence-electron chi connectivity index (χ4n) is 4.45. The third-order valence-corrected chi connectivity index (χ3v) is 6.35. The second-order valence-electron chi connectivity index (χ2n) is 8.14. The average molecular weight is 415 g/mol. The molecule has 0 radical (unpaired) electrons. The zero-order valence-corrected chi connectivity index (χ0v) is 17.2. The van der Waals surface area contributed by atoms with Crippen molar-refractivity contribution in [3.8, 4) is 5.69 Å². The summed E-state index contributed by atoms with van der Waals surface area (Å²) in [5, 5.41) is 11.1. The van der Waals surface area contributed by atoms with E-state index in [9.17, 15) is 9.59 Å². The number of nitrogens with zero attached hydrogens (tertiary/aromatic N) is 2. The monoisotopic (exact) mass is 414 g/mol. The van der Waals surface area contributed by atoms with Gasteiger partial charge in [-0.2, -0.15) is 5.10 Å². The van der Waals surface area contributed by atoms with E-state index in [1.165, 1.54) is 0 Å². The topological polar surface area (TPSA) is 76.0 Å². The van der Waals surface area contributed by atoms with Crippen LogP contribution in [0.2, 0.25) is 5.02 Å². The summed E-state index contributed by atoms with van der Waals surface area (Å²) in [5.74, 6) is 1.00. The van der Waals surface area contributed by atoms with Gasteiger partial charge in [-0.1, -0.05) is 30.5 Å². The Labute approximate surface area is 176 Å². The van der Waals surface area contributed by atoms with Crippen molar-refractivity contribution in [2.45, 2.75) is 57.4 Å². The maximum atomic E-state index is 12.8. The van der Waals surface area contributed by atoms with Gasteiger partial charge in [-0.25, -0.2) is 4.68 Å². The van der Waals surface area contributed by atoms with Gasteiger partial charge in [0.05, 0.1) is 11.9 Å². The summed E-state index contributed by atoms with van der Waals surface area (Å²) in [4.78, 5) is 25.1. The second kappa shape index (κ2) is 8.99. The highest BCUT2D eigenvalue weighted by Crippen LogP contribution is 2.29. The quantitative estimate of drug-likeness (QED) is 0.764. The van der Waals surface area contributed by atoms with E-state index in [2.05, 4.69) is 15.7 Å². The molecule has 2 N–H and O–H groups in total. The Balaban J connectivity index is 1.31. The minimum atomic E-state index is -0.0441. The van der Waals surface area contributed by atoms with Crippen molar-refractivity contribution in [1.82, 2.24) is 15.1 Å². The zero-order chi connectivity index (χ0) is 20.2. The molecule has 0 saturated heterocycles. The molecule has 4 rings (SSSR count). The maximum Gasteiger partial charge on any atom is 0.228 e. The highest BCUT2D eigenvalue weighted by Gasteiger charge is 2.30. The number of amides is 2. The van der Waals surface area contributed by atoms with E-state index in [-0.39, 0.29) is 29.7 Å². The zero-order valence-electron chi connectivity index (χ0n) is 16.4. The molecule has 0 unspecified atom stereocenters. The normalized spacial score (nSPS) is 22.4. The van der Waals surface area contributed by atoms with Crippen LogP contribution in [0.5, 0.6) is 0 Å². The maximum absolute atomic E-state index is 12.8. The lowest BCUT2D eigenvalue weighted by molar-refractivity contribution is -0.125. The number of nitrogens with one attached hydrogen (secondary N) is 2. The number of aromatic nitrogens is 2. The molecule has 2 saturated carbocycles. The van der Waals surface area contributed by atoms with Gasteiger partial charge in [0.15, 0.2) is 0 Å². The molecule has 1 aromatic carbocycles. The predicted octanol–water partition coefficient (Wildman–Crippen LogP) is 4.33. The summed E-state index contributed by atoms with van der Waals surface area (Å²) < 4.78 is 1.68. The number of benzene rings is 1. The molecule has 0 spiro atoms. The Morgan fingerprint density at radius 3 is 2.41 bits per heavy atom. The van der Waals surface area contributed by atoms with E-state index in [1.807, 2.05) is 18.2 Å². The van der Waals surface area contributed by atoms with Crippen molar-refractivity contribution in [3.05, 3.63) is 41.6 Å². The number of carbonyl (C=O) groups excluding carboxylic acids is 2. The number of rotatable bonds is 5. The number of halogens is 1. The van der Waals surface area contributed by atoms with Crippen LogP contribution in [0.15, 0.2) is 36.5 Å². The van der Waals surface area contributed by atoms with E-state index >= 15 is 0 Å². The Hall–Kier alpha value is -2.34. The lowest BCUT2D eigenvalue weighted by atomic mass is 9.85. The second-order valence-corrected chi connectivity index (χ2v) is 8.57. The molecule has 2 aromatic rings. The first-order chi connectivity index (χ1) is 14.1. The van der Waals surface area contributed by atoms with Gasteiger partial charge in [-0.15, -0.1) is 0 Å². The molecule has 6 nitrogen and oxygen atoms in total. The standard InChI is InChI=1S/C22H27ClN4O2/c23-17-6-3-7-19(14-17)27-20(12-13-24-27)26-22(29)16-8-10-18(11-9-16)25-21(28)15-4-1-2-5-15/h3,6-7,12-16,18H,1-2,4-5,8-11H2,(H,25,28)(H,26,29). The van der Waals surface area contributed by atoms with Gasteiger partial charge >= 0.3 is 0 Å². The molecule has 0 bridgehead atoms. The molecule has 7 heteroatoms. The van der Waals surface area contributed by atoms with Crippen LogP contribution in [0.1, 0.15) is 51.4 Å². The Morgan fingerprint density at radius 1 is 0.966 bits per heavy atom. The Kier molecular flexibility index (Phi) is 6.19. The number of hydrogen-bond acceptors (Lipinski definition) is 3. The van der Waals surface area contributed by atoms with Gasteiger partial charge in [-0.05, 0) is 56.7 Å². The average Bonchev–Trinajstić information content (AvgIpc) is 3.41. The van der Waals surface area contributed by atoms with E-state index in [0.29, 0.717) is 10.8 Å². The third kappa shape index (κ3) is 4.81. The van der Waals surface area contributed by atoms with Crippen LogP contribution in [-0.2, 0) is 9.59 Å². The van der Waals surface area contributed by atoms with Gasteiger partial charge in [0.2, 0.25) is 11.8 Å². The summed E-state index contributed by atoms with van der Waals surface area (Å²) in [6.07, 6.45) is 9.29. The van der Waals surface area contributed by atoms with E-state index in [4.69, 9.17) is 11.6 Å². The molecular formula is C22H27ClN4O2. The Morgan fingerprint density at radius 2 is 1.69 bits per heavy atom. The van der Waals surface area contributed by atoms with Gasteiger partial charge in [0, 0.05) is 29.0 Å².